The Bertz CT molecular complexity index is 1180. The van der Waals surface area contributed by atoms with Gasteiger partial charge in [-0.05, 0) is 37.5 Å². The van der Waals surface area contributed by atoms with E-state index in [2.05, 4.69) is 5.32 Å². The minimum Gasteiger partial charge on any atom is -0.459 e. The van der Waals surface area contributed by atoms with Crippen LogP contribution < -0.4 is 5.32 Å². The molecule has 3 aromatic rings. The first kappa shape index (κ1) is 28.4. The summed E-state index contributed by atoms with van der Waals surface area (Å²) >= 11 is 0. The average Bonchev–Trinajstić information content (AvgIpc) is 2.90. The number of nitrogens with zero attached hydrogens (tertiary/aromatic N) is 1. The van der Waals surface area contributed by atoms with Crippen LogP contribution in [0.1, 0.15) is 37.5 Å². The van der Waals surface area contributed by atoms with Crippen molar-refractivity contribution in [1.82, 2.24) is 10.2 Å². The lowest BCUT2D eigenvalue weighted by Crippen LogP contribution is -2.54. The van der Waals surface area contributed by atoms with Gasteiger partial charge in [-0.1, -0.05) is 91.0 Å². The van der Waals surface area contributed by atoms with Crippen molar-refractivity contribution >= 4 is 18.0 Å². The summed E-state index contributed by atoms with van der Waals surface area (Å²) in [6, 6.07) is 26.4. The summed E-state index contributed by atoms with van der Waals surface area (Å²) in [6.45, 7) is 5.36. The summed E-state index contributed by atoms with van der Waals surface area (Å²) < 4.78 is 11.0. The molecule has 0 unspecified atom stereocenters. The Labute approximate surface area is 224 Å². The zero-order valence-electron chi connectivity index (χ0n) is 22.4. The van der Waals surface area contributed by atoms with E-state index in [1.165, 1.54) is 4.90 Å². The number of esters is 1. The number of benzene rings is 3. The molecule has 1 N–H and O–H groups in total. The van der Waals surface area contributed by atoms with Crippen molar-refractivity contribution in [2.24, 2.45) is 0 Å². The first-order valence-electron chi connectivity index (χ1n) is 12.7. The fourth-order valence-corrected chi connectivity index (χ4v) is 3.94. The van der Waals surface area contributed by atoms with Gasteiger partial charge in [-0.2, -0.15) is 0 Å². The average molecular weight is 517 g/mol. The lowest BCUT2D eigenvalue weighted by atomic mass is 10.0. The SMILES string of the molecule is CN(C(=O)[C@H](Cc1ccccc1)NC(=O)OC(C)(C)C)[C@@H](Cc1ccccc1)C(=O)OCc1ccccc1. The summed E-state index contributed by atoms with van der Waals surface area (Å²) in [7, 11) is 1.56. The Balaban J connectivity index is 1.83. The lowest BCUT2D eigenvalue weighted by molar-refractivity contribution is -0.155. The largest absolute Gasteiger partial charge is 0.459 e. The van der Waals surface area contributed by atoms with Gasteiger partial charge in [-0.3, -0.25) is 4.79 Å². The smallest absolute Gasteiger partial charge is 0.408 e. The molecule has 38 heavy (non-hydrogen) atoms. The van der Waals surface area contributed by atoms with E-state index in [4.69, 9.17) is 9.47 Å². The van der Waals surface area contributed by atoms with E-state index in [0.717, 1.165) is 16.7 Å². The molecule has 0 saturated carbocycles. The van der Waals surface area contributed by atoms with Crippen LogP contribution in [0.2, 0.25) is 0 Å². The molecule has 3 aromatic carbocycles. The van der Waals surface area contributed by atoms with E-state index in [1.54, 1.807) is 27.8 Å². The maximum atomic E-state index is 13.8. The molecule has 0 spiro atoms. The van der Waals surface area contributed by atoms with E-state index in [-0.39, 0.29) is 19.4 Å². The zero-order valence-corrected chi connectivity index (χ0v) is 22.4. The van der Waals surface area contributed by atoms with Gasteiger partial charge in [0.25, 0.3) is 0 Å². The van der Waals surface area contributed by atoms with Gasteiger partial charge in [0.05, 0.1) is 0 Å². The van der Waals surface area contributed by atoms with Gasteiger partial charge in [-0.15, -0.1) is 0 Å². The van der Waals surface area contributed by atoms with Crippen LogP contribution in [0, 0.1) is 0 Å². The van der Waals surface area contributed by atoms with Crippen LogP contribution >= 0.6 is 0 Å². The first-order chi connectivity index (χ1) is 18.1. The molecule has 7 nitrogen and oxygen atoms in total. The molecule has 3 rings (SSSR count). The molecule has 7 heteroatoms. The molecule has 0 aliphatic heterocycles. The van der Waals surface area contributed by atoms with Gasteiger partial charge in [-0.25, -0.2) is 9.59 Å². The highest BCUT2D eigenvalue weighted by Crippen LogP contribution is 2.15. The molecule has 200 valence electrons. The first-order valence-corrected chi connectivity index (χ1v) is 12.7. The van der Waals surface area contributed by atoms with Crippen LogP contribution in [0.15, 0.2) is 91.0 Å². The fraction of sp³-hybridized carbons (Fsp3) is 0.323. The number of carbonyl (C=O) groups excluding carboxylic acids is 3. The van der Waals surface area contributed by atoms with Crippen LogP contribution in [0.25, 0.3) is 0 Å². The number of alkyl carbamates (subject to hydrolysis) is 1. The Morgan fingerprint density at radius 1 is 0.763 bits per heavy atom. The molecule has 0 heterocycles. The number of nitrogens with one attached hydrogen (secondary N) is 1. The van der Waals surface area contributed by atoms with Crippen molar-refractivity contribution in [3.63, 3.8) is 0 Å². The van der Waals surface area contributed by atoms with E-state index < -0.39 is 35.7 Å². The highest BCUT2D eigenvalue weighted by Gasteiger charge is 2.34. The third kappa shape index (κ3) is 9.07. The maximum absolute atomic E-state index is 13.8. The molecule has 0 radical (unpaired) electrons. The molecular formula is C31H36N2O5. The maximum Gasteiger partial charge on any atom is 0.408 e. The van der Waals surface area contributed by atoms with Gasteiger partial charge >= 0.3 is 12.1 Å². The second-order valence-electron chi connectivity index (χ2n) is 10.1. The number of hydrogen-bond donors (Lipinski definition) is 1. The monoisotopic (exact) mass is 516 g/mol. The molecule has 2 amide bonds. The molecule has 0 saturated heterocycles. The Hall–Kier alpha value is -4.13. The summed E-state index contributed by atoms with van der Waals surface area (Å²) in [5.74, 6) is -0.943. The molecule has 0 fully saturated rings. The normalized spacial score (nSPS) is 12.6. The van der Waals surface area contributed by atoms with Crippen LogP contribution in [-0.2, 0) is 38.5 Å². The molecule has 0 aliphatic rings. The number of carbonyl (C=O) groups is 3. The van der Waals surface area contributed by atoms with Crippen molar-refractivity contribution in [2.45, 2.75) is 57.9 Å². The summed E-state index contributed by atoms with van der Waals surface area (Å²) in [4.78, 5) is 41.1. The second-order valence-corrected chi connectivity index (χ2v) is 10.1. The van der Waals surface area contributed by atoms with Gasteiger partial charge < -0.3 is 19.7 Å². The Kier molecular flexibility index (Phi) is 10.0. The van der Waals surface area contributed by atoms with E-state index in [9.17, 15) is 14.4 Å². The zero-order chi connectivity index (χ0) is 27.5. The van der Waals surface area contributed by atoms with E-state index >= 15 is 0 Å². The van der Waals surface area contributed by atoms with Gasteiger partial charge in [0.2, 0.25) is 5.91 Å². The van der Waals surface area contributed by atoms with E-state index in [1.807, 2.05) is 91.0 Å². The Morgan fingerprint density at radius 2 is 1.24 bits per heavy atom. The number of hydrogen-bond acceptors (Lipinski definition) is 5. The predicted molar refractivity (Wildman–Crippen MR) is 146 cm³/mol. The highest BCUT2D eigenvalue weighted by molar-refractivity contribution is 5.90. The van der Waals surface area contributed by atoms with Crippen molar-refractivity contribution < 1.29 is 23.9 Å². The third-order valence-electron chi connectivity index (χ3n) is 5.85. The number of ether oxygens (including phenoxy) is 2. The molecule has 0 aliphatic carbocycles. The Morgan fingerprint density at radius 3 is 1.74 bits per heavy atom. The van der Waals surface area contributed by atoms with Crippen LogP contribution in [-0.4, -0.2) is 47.6 Å². The van der Waals surface area contributed by atoms with Crippen molar-refractivity contribution in [1.29, 1.82) is 0 Å². The standard InChI is InChI=1S/C31H36N2O5/c1-31(2,3)38-30(36)32-26(20-23-14-8-5-9-15-23)28(34)33(4)27(21-24-16-10-6-11-17-24)29(35)37-22-25-18-12-7-13-19-25/h5-19,26-27H,20-22H2,1-4H3,(H,32,36)/t26-,27-/m0/s1. The lowest BCUT2D eigenvalue weighted by Gasteiger charge is -2.31. The fourth-order valence-electron chi connectivity index (χ4n) is 3.94. The topological polar surface area (TPSA) is 84.9 Å². The van der Waals surface area contributed by atoms with Crippen molar-refractivity contribution in [3.05, 3.63) is 108 Å². The number of rotatable bonds is 10. The summed E-state index contributed by atoms with van der Waals surface area (Å²) in [6.07, 6.45) is -0.201. The van der Waals surface area contributed by atoms with Crippen LogP contribution in [0.4, 0.5) is 4.79 Å². The minimum atomic E-state index is -0.947. The summed E-state index contributed by atoms with van der Waals surface area (Å²) in [5, 5.41) is 2.71. The van der Waals surface area contributed by atoms with Gasteiger partial charge in [0.15, 0.2) is 0 Å². The van der Waals surface area contributed by atoms with Crippen molar-refractivity contribution in [2.75, 3.05) is 7.05 Å². The summed E-state index contributed by atoms with van der Waals surface area (Å²) in [5.41, 5.74) is 1.87. The molecule has 0 bridgehead atoms. The van der Waals surface area contributed by atoms with Crippen LogP contribution in [0.5, 0.6) is 0 Å². The third-order valence-corrected chi connectivity index (χ3v) is 5.85. The minimum absolute atomic E-state index is 0.0938. The predicted octanol–water partition coefficient (Wildman–Crippen LogP) is 4.94. The second kappa shape index (κ2) is 13.4. The van der Waals surface area contributed by atoms with Crippen molar-refractivity contribution in [3.8, 4) is 0 Å². The van der Waals surface area contributed by atoms with E-state index in [0.29, 0.717) is 0 Å². The molecule has 2 atom stereocenters. The van der Waals surface area contributed by atoms with Gasteiger partial charge in [0, 0.05) is 19.9 Å². The quantitative estimate of drug-likeness (QED) is 0.386. The number of amides is 2. The molecule has 0 aromatic heterocycles. The number of likely N-dealkylation sites (N-methyl/N-ethyl adjacent to an activating group) is 1. The van der Waals surface area contributed by atoms with Crippen LogP contribution in [0.3, 0.4) is 0 Å². The highest BCUT2D eigenvalue weighted by atomic mass is 16.6. The van der Waals surface area contributed by atoms with Gasteiger partial charge in [0.1, 0.15) is 24.3 Å². The molecular weight excluding hydrogens is 480 g/mol.